The van der Waals surface area contributed by atoms with E-state index in [1.165, 1.54) is 22.7 Å². The number of amides is 1. The summed E-state index contributed by atoms with van der Waals surface area (Å²) in [6, 6.07) is 8.54. The third-order valence-corrected chi connectivity index (χ3v) is 3.51. The molecular formula is C13H14N2O3S. The molecule has 0 atom stereocenters. The van der Waals surface area contributed by atoms with Crippen LogP contribution in [0.3, 0.4) is 0 Å². The minimum absolute atomic E-state index is 0.125. The van der Waals surface area contributed by atoms with Crippen LogP contribution in [0, 0.1) is 11.3 Å². The number of rotatable bonds is 6. The van der Waals surface area contributed by atoms with Gasteiger partial charge in [0.15, 0.2) is 0 Å². The Morgan fingerprint density at radius 1 is 1.42 bits per heavy atom. The number of carboxylic acids is 1. The Hall–Kier alpha value is -2.00. The van der Waals surface area contributed by atoms with Crippen molar-refractivity contribution in [3.63, 3.8) is 0 Å². The molecule has 0 heterocycles. The van der Waals surface area contributed by atoms with Gasteiger partial charge in [0, 0.05) is 18.5 Å². The Morgan fingerprint density at radius 3 is 2.74 bits per heavy atom. The van der Waals surface area contributed by atoms with Crippen molar-refractivity contribution in [3.05, 3.63) is 29.8 Å². The summed E-state index contributed by atoms with van der Waals surface area (Å²) in [7, 11) is 1.63. The number of hydrogen-bond donors (Lipinski definition) is 1. The fourth-order valence-corrected chi connectivity index (χ4v) is 2.35. The number of aromatic carboxylic acids is 1. The number of nitrogens with zero attached hydrogens (tertiary/aromatic N) is 2. The number of nitriles is 1. The Kier molecular flexibility index (Phi) is 5.90. The number of hydrogen-bond acceptors (Lipinski definition) is 4. The molecule has 0 aliphatic carbocycles. The van der Waals surface area contributed by atoms with Gasteiger partial charge in [0.05, 0.1) is 23.8 Å². The van der Waals surface area contributed by atoms with Crippen LogP contribution in [0.1, 0.15) is 16.8 Å². The molecule has 0 aromatic heterocycles. The Labute approximate surface area is 115 Å². The summed E-state index contributed by atoms with van der Waals surface area (Å²) >= 11 is 1.19. The number of carbonyl (C=O) groups excluding carboxylic acids is 1. The molecule has 0 aliphatic rings. The van der Waals surface area contributed by atoms with Crippen molar-refractivity contribution in [1.82, 2.24) is 4.90 Å². The van der Waals surface area contributed by atoms with Crippen LogP contribution in [0.15, 0.2) is 29.2 Å². The molecule has 1 N–H and O–H groups in total. The largest absolute Gasteiger partial charge is 0.478 e. The van der Waals surface area contributed by atoms with Gasteiger partial charge in [0.25, 0.3) is 0 Å². The van der Waals surface area contributed by atoms with Crippen molar-refractivity contribution in [2.75, 3.05) is 19.3 Å². The van der Waals surface area contributed by atoms with Crippen LogP contribution in [0.25, 0.3) is 0 Å². The Balaban J connectivity index is 2.60. The second-order valence-corrected chi connectivity index (χ2v) is 4.83. The van der Waals surface area contributed by atoms with Gasteiger partial charge in [-0.15, -0.1) is 11.8 Å². The third-order valence-electron chi connectivity index (χ3n) is 2.45. The van der Waals surface area contributed by atoms with Gasteiger partial charge in [-0.3, -0.25) is 4.79 Å². The van der Waals surface area contributed by atoms with E-state index in [2.05, 4.69) is 0 Å². The summed E-state index contributed by atoms with van der Waals surface area (Å²) in [5.74, 6) is -0.972. The maximum atomic E-state index is 11.8. The maximum absolute atomic E-state index is 11.8. The number of thioether (sulfide) groups is 1. The molecule has 0 radical (unpaired) electrons. The van der Waals surface area contributed by atoms with Crippen LogP contribution >= 0.6 is 11.8 Å². The highest BCUT2D eigenvalue weighted by molar-refractivity contribution is 8.00. The van der Waals surface area contributed by atoms with Crippen molar-refractivity contribution >= 4 is 23.6 Å². The summed E-state index contributed by atoms with van der Waals surface area (Å²) in [6.45, 7) is 0.385. The fourth-order valence-electron chi connectivity index (χ4n) is 1.36. The highest BCUT2D eigenvalue weighted by atomic mass is 32.2. The van der Waals surface area contributed by atoms with Gasteiger partial charge in [-0.1, -0.05) is 12.1 Å². The SMILES string of the molecule is CN(CCC#N)C(=O)CSc1ccccc1C(=O)O. The molecule has 1 aromatic carbocycles. The molecule has 1 aromatic rings. The van der Waals surface area contributed by atoms with Gasteiger partial charge in [0.2, 0.25) is 5.91 Å². The normalized spacial score (nSPS) is 9.68. The maximum Gasteiger partial charge on any atom is 0.336 e. The van der Waals surface area contributed by atoms with Gasteiger partial charge >= 0.3 is 5.97 Å². The van der Waals surface area contributed by atoms with Crippen LogP contribution in [-0.2, 0) is 4.79 Å². The van der Waals surface area contributed by atoms with Crippen molar-refractivity contribution in [2.24, 2.45) is 0 Å². The van der Waals surface area contributed by atoms with Crippen molar-refractivity contribution in [3.8, 4) is 6.07 Å². The molecule has 1 rings (SSSR count). The van der Waals surface area contributed by atoms with E-state index < -0.39 is 5.97 Å². The highest BCUT2D eigenvalue weighted by Crippen LogP contribution is 2.22. The molecule has 0 saturated heterocycles. The summed E-state index contributed by atoms with van der Waals surface area (Å²) in [6.07, 6.45) is 0.290. The van der Waals surface area contributed by atoms with Gasteiger partial charge in [-0.05, 0) is 12.1 Å². The molecular weight excluding hydrogens is 264 g/mol. The van der Waals surface area contributed by atoms with Crippen LogP contribution in [-0.4, -0.2) is 41.2 Å². The molecule has 19 heavy (non-hydrogen) atoms. The van der Waals surface area contributed by atoms with E-state index in [-0.39, 0.29) is 17.2 Å². The van der Waals surface area contributed by atoms with E-state index in [9.17, 15) is 9.59 Å². The molecule has 0 unspecified atom stereocenters. The van der Waals surface area contributed by atoms with E-state index in [0.29, 0.717) is 17.9 Å². The molecule has 5 nitrogen and oxygen atoms in total. The predicted octanol–water partition coefficient (Wildman–Crippen LogP) is 1.85. The molecule has 6 heteroatoms. The zero-order chi connectivity index (χ0) is 14.3. The van der Waals surface area contributed by atoms with Crippen LogP contribution in [0.5, 0.6) is 0 Å². The molecule has 0 spiro atoms. The topological polar surface area (TPSA) is 81.4 Å². The Morgan fingerprint density at radius 2 is 2.11 bits per heavy atom. The van der Waals surface area contributed by atoms with Gasteiger partial charge in [0.1, 0.15) is 0 Å². The molecule has 1 amide bonds. The van der Waals surface area contributed by atoms with Crippen LogP contribution in [0.2, 0.25) is 0 Å². The van der Waals surface area contributed by atoms with Gasteiger partial charge < -0.3 is 10.0 Å². The van der Waals surface area contributed by atoms with E-state index in [0.717, 1.165) is 0 Å². The number of benzene rings is 1. The highest BCUT2D eigenvalue weighted by Gasteiger charge is 2.13. The number of carbonyl (C=O) groups is 2. The second-order valence-electron chi connectivity index (χ2n) is 3.81. The van der Waals surface area contributed by atoms with Crippen LogP contribution < -0.4 is 0 Å². The van der Waals surface area contributed by atoms with Crippen LogP contribution in [0.4, 0.5) is 0 Å². The smallest absolute Gasteiger partial charge is 0.336 e. The van der Waals surface area contributed by atoms with E-state index in [1.54, 1.807) is 25.2 Å². The first-order valence-corrected chi connectivity index (χ1v) is 6.61. The first kappa shape index (κ1) is 15.1. The molecule has 100 valence electrons. The van der Waals surface area contributed by atoms with Crippen molar-refractivity contribution < 1.29 is 14.7 Å². The average Bonchev–Trinajstić information content (AvgIpc) is 2.42. The molecule has 0 fully saturated rings. The first-order valence-electron chi connectivity index (χ1n) is 5.62. The lowest BCUT2D eigenvalue weighted by Crippen LogP contribution is -2.29. The monoisotopic (exact) mass is 278 g/mol. The second kappa shape index (κ2) is 7.44. The summed E-state index contributed by atoms with van der Waals surface area (Å²) in [4.78, 5) is 24.8. The fraction of sp³-hybridized carbons (Fsp3) is 0.308. The lowest BCUT2D eigenvalue weighted by Gasteiger charge is -2.15. The first-order chi connectivity index (χ1) is 9.06. The lowest BCUT2D eigenvalue weighted by molar-refractivity contribution is -0.127. The average molecular weight is 278 g/mol. The minimum atomic E-state index is -1.01. The van der Waals surface area contributed by atoms with E-state index in [4.69, 9.17) is 10.4 Å². The zero-order valence-electron chi connectivity index (χ0n) is 10.5. The lowest BCUT2D eigenvalue weighted by atomic mass is 10.2. The quantitative estimate of drug-likeness (QED) is 0.803. The number of carboxylic acid groups (broad SMARTS) is 1. The third kappa shape index (κ3) is 4.64. The summed E-state index contributed by atoms with van der Waals surface area (Å²) < 4.78 is 0. The molecule has 0 saturated carbocycles. The predicted molar refractivity (Wildman–Crippen MR) is 72.0 cm³/mol. The van der Waals surface area contributed by atoms with Crippen molar-refractivity contribution in [1.29, 1.82) is 5.26 Å². The summed E-state index contributed by atoms with van der Waals surface area (Å²) in [5.41, 5.74) is 0.194. The summed E-state index contributed by atoms with van der Waals surface area (Å²) in [5, 5.41) is 17.5. The van der Waals surface area contributed by atoms with E-state index >= 15 is 0 Å². The van der Waals surface area contributed by atoms with Crippen molar-refractivity contribution in [2.45, 2.75) is 11.3 Å². The molecule has 0 aliphatic heterocycles. The van der Waals surface area contributed by atoms with E-state index in [1.807, 2.05) is 6.07 Å². The van der Waals surface area contributed by atoms with Gasteiger partial charge in [-0.2, -0.15) is 5.26 Å². The Bertz CT molecular complexity index is 511. The standard InChI is InChI=1S/C13H14N2O3S/c1-15(8-4-7-14)12(16)9-19-11-6-3-2-5-10(11)13(17)18/h2-3,5-6H,4,8-9H2,1H3,(H,17,18). The zero-order valence-corrected chi connectivity index (χ0v) is 11.3. The molecule has 0 bridgehead atoms. The van der Waals surface area contributed by atoms with Gasteiger partial charge in [-0.25, -0.2) is 4.79 Å². The minimum Gasteiger partial charge on any atom is -0.478 e.